The predicted molar refractivity (Wildman–Crippen MR) is 81.1 cm³/mol. The van der Waals surface area contributed by atoms with Crippen molar-refractivity contribution in [2.24, 2.45) is 5.92 Å². The van der Waals surface area contributed by atoms with Crippen LogP contribution in [0.25, 0.3) is 0 Å². The van der Waals surface area contributed by atoms with Crippen LogP contribution in [0.5, 0.6) is 5.75 Å². The Morgan fingerprint density at radius 3 is 2.67 bits per heavy atom. The van der Waals surface area contributed by atoms with Gasteiger partial charge in [0.05, 0.1) is 0 Å². The normalized spacial score (nSPS) is 21.8. The van der Waals surface area contributed by atoms with Crippen molar-refractivity contribution in [3.8, 4) is 5.75 Å². The van der Waals surface area contributed by atoms with Gasteiger partial charge in [-0.2, -0.15) is 0 Å². The molecule has 1 aromatic heterocycles. The summed E-state index contributed by atoms with van der Waals surface area (Å²) in [6.07, 6.45) is 4.28. The zero-order valence-corrected chi connectivity index (χ0v) is 13.2. The van der Waals surface area contributed by atoms with Gasteiger partial charge in [0.1, 0.15) is 5.75 Å². The summed E-state index contributed by atoms with van der Waals surface area (Å²) >= 11 is 1.15. The number of nitrogens with one attached hydrogen (secondary N) is 1. The van der Waals surface area contributed by atoms with Crippen molar-refractivity contribution >= 4 is 23.2 Å². The molecular weight excluding hydrogens is 290 g/mol. The van der Waals surface area contributed by atoms with E-state index < -0.39 is 5.97 Å². The second kappa shape index (κ2) is 6.93. The van der Waals surface area contributed by atoms with E-state index in [-0.39, 0.29) is 29.2 Å². The van der Waals surface area contributed by atoms with Crippen LogP contribution in [-0.4, -0.2) is 29.6 Å². The van der Waals surface area contributed by atoms with Gasteiger partial charge in [0.25, 0.3) is 5.91 Å². The molecule has 0 atom stereocenters. The number of carboxylic acid groups (broad SMARTS) is 1. The number of aromatic carboxylic acids is 1. The van der Waals surface area contributed by atoms with Gasteiger partial charge in [-0.15, -0.1) is 11.3 Å². The molecule has 1 fully saturated rings. The third kappa shape index (κ3) is 4.46. The Morgan fingerprint density at radius 1 is 1.38 bits per heavy atom. The monoisotopic (exact) mass is 311 g/mol. The summed E-state index contributed by atoms with van der Waals surface area (Å²) in [5.74, 6) is -0.196. The van der Waals surface area contributed by atoms with Crippen LogP contribution >= 0.6 is 11.3 Å². The van der Waals surface area contributed by atoms with E-state index >= 15 is 0 Å². The van der Waals surface area contributed by atoms with Crippen molar-refractivity contribution in [1.29, 1.82) is 0 Å². The third-order valence-corrected chi connectivity index (χ3v) is 4.77. The summed E-state index contributed by atoms with van der Waals surface area (Å²) in [6, 6.07) is 1.88. The fourth-order valence-electron chi connectivity index (χ4n) is 2.56. The average Bonchev–Trinajstić information content (AvgIpc) is 2.80. The number of ether oxygens (including phenoxy) is 1. The van der Waals surface area contributed by atoms with Gasteiger partial charge in [0.2, 0.25) is 0 Å². The number of carbonyl (C=O) groups excluding carboxylic acids is 1. The number of rotatable bonds is 5. The highest BCUT2D eigenvalue weighted by atomic mass is 32.1. The highest BCUT2D eigenvalue weighted by Gasteiger charge is 2.21. The fraction of sp³-hybridized carbons (Fsp3) is 0.600. The van der Waals surface area contributed by atoms with Crippen LogP contribution in [0.1, 0.15) is 47.2 Å². The topological polar surface area (TPSA) is 75.6 Å². The number of carbonyl (C=O) groups is 2. The molecule has 2 rings (SSSR count). The summed E-state index contributed by atoms with van der Waals surface area (Å²) in [5, 5.41) is 12.0. The maximum absolute atomic E-state index is 11.9. The zero-order valence-electron chi connectivity index (χ0n) is 12.3. The van der Waals surface area contributed by atoms with Crippen LogP contribution in [0.15, 0.2) is 6.07 Å². The number of hydrogen-bond acceptors (Lipinski definition) is 4. The Morgan fingerprint density at radius 2 is 2.05 bits per heavy atom. The van der Waals surface area contributed by atoms with Crippen molar-refractivity contribution in [3.63, 3.8) is 0 Å². The van der Waals surface area contributed by atoms with Gasteiger partial charge in [-0.1, -0.05) is 6.92 Å². The molecule has 1 saturated carbocycles. The van der Waals surface area contributed by atoms with Crippen LogP contribution in [0.3, 0.4) is 0 Å². The van der Waals surface area contributed by atoms with Crippen LogP contribution in [-0.2, 0) is 4.79 Å². The maximum Gasteiger partial charge on any atom is 0.349 e. The van der Waals surface area contributed by atoms with Crippen LogP contribution in [0.2, 0.25) is 0 Å². The molecule has 1 heterocycles. The molecule has 1 aromatic rings. The molecule has 2 N–H and O–H groups in total. The van der Waals surface area contributed by atoms with E-state index in [1.165, 1.54) is 0 Å². The predicted octanol–water partition coefficient (Wildman–Crippen LogP) is 2.83. The number of thiophene rings is 1. The molecule has 6 heteroatoms. The summed E-state index contributed by atoms with van der Waals surface area (Å²) in [6.45, 7) is 3.91. The number of carboxylic acids is 1. The Bertz CT molecular complexity index is 518. The smallest absolute Gasteiger partial charge is 0.349 e. The molecule has 1 aliphatic carbocycles. The lowest BCUT2D eigenvalue weighted by Gasteiger charge is -2.26. The molecule has 0 radical (unpaired) electrons. The van der Waals surface area contributed by atoms with Crippen molar-refractivity contribution in [1.82, 2.24) is 5.32 Å². The molecule has 21 heavy (non-hydrogen) atoms. The molecule has 0 bridgehead atoms. The van der Waals surface area contributed by atoms with E-state index in [0.29, 0.717) is 0 Å². The highest BCUT2D eigenvalue weighted by molar-refractivity contribution is 7.14. The van der Waals surface area contributed by atoms with Gasteiger partial charge in [0.15, 0.2) is 11.5 Å². The number of hydrogen-bond donors (Lipinski definition) is 2. The molecule has 0 aliphatic heterocycles. The Kier molecular flexibility index (Phi) is 5.22. The van der Waals surface area contributed by atoms with Crippen LogP contribution in [0, 0.1) is 12.8 Å². The van der Waals surface area contributed by atoms with Crippen LogP contribution in [0.4, 0.5) is 0 Å². The fourth-order valence-corrected chi connectivity index (χ4v) is 3.36. The largest absolute Gasteiger partial charge is 0.482 e. The molecule has 0 aromatic carbocycles. The van der Waals surface area contributed by atoms with E-state index in [1.54, 1.807) is 6.07 Å². The highest BCUT2D eigenvalue weighted by Crippen LogP contribution is 2.29. The van der Waals surface area contributed by atoms with Gasteiger partial charge in [0, 0.05) is 10.9 Å². The molecule has 116 valence electrons. The molecule has 0 unspecified atom stereocenters. The minimum Gasteiger partial charge on any atom is -0.482 e. The summed E-state index contributed by atoms with van der Waals surface area (Å²) in [5.41, 5.74) is 0. The van der Waals surface area contributed by atoms with Gasteiger partial charge in [-0.3, -0.25) is 4.79 Å². The first-order chi connectivity index (χ1) is 9.95. The second-order valence-corrected chi connectivity index (χ2v) is 6.92. The lowest BCUT2D eigenvalue weighted by atomic mass is 9.87. The standard InChI is InChI=1S/C15H21NO4S/c1-9-3-5-11(6-4-9)16-13(17)8-20-12-7-10(2)21-14(12)15(18)19/h7,9,11H,3-6,8H2,1-2H3,(H,16,17)(H,18,19). The molecule has 5 nitrogen and oxygen atoms in total. The van der Waals surface area contributed by atoms with E-state index in [9.17, 15) is 9.59 Å². The van der Waals surface area contributed by atoms with Crippen molar-refractivity contribution in [3.05, 3.63) is 15.8 Å². The van der Waals surface area contributed by atoms with Crippen molar-refractivity contribution < 1.29 is 19.4 Å². The van der Waals surface area contributed by atoms with E-state index in [2.05, 4.69) is 12.2 Å². The quantitative estimate of drug-likeness (QED) is 0.876. The first kappa shape index (κ1) is 15.8. The number of aryl methyl sites for hydroxylation is 1. The van der Waals surface area contributed by atoms with E-state index in [1.807, 2.05) is 6.92 Å². The van der Waals surface area contributed by atoms with Gasteiger partial charge in [-0.05, 0) is 44.6 Å². The van der Waals surface area contributed by atoms with Gasteiger partial charge >= 0.3 is 5.97 Å². The summed E-state index contributed by atoms with van der Waals surface area (Å²) < 4.78 is 5.36. The molecule has 0 spiro atoms. The first-order valence-corrected chi connectivity index (χ1v) is 8.03. The number of amides is 1. The second-order valence-electron chi connectivity index (χ2n) is 5.67. The Hall–Kier alpha value is -1.56. The lowest BCUT2D eigenvalue weighted by molar-refractivity contribution is -0.124. The molecular formula is C15H21NO4S. The summed E-state index contributed by atoms with van der Waals surface area (Å²) in [7, 11) is 0. The maximum atomic E-state index is 11.9. The zero-order chi connectivity index (χ0) is 15.4. The Labute approximate surface area is 128 Å². The molecule has 0 saturated heterocycles. The van der Waals surface area contributed by atoms with E-state index in [4.69, 9.17) is 9.84 Å². The van der Waals surface area contributed by atoms with Gasteiger partial charge in [-0.25, -0.2) is 4.79 Å². The SMILES string of the molecule is Cc1cc(OCC(=O)NC2CCC(C)CC2)c(C(=O)O)s1. The summed E-state index contributed by atoms with van der Waals surface area (Å²) in [4.78, 5) is 23.9. The minimum absolute atomic E-state index is 0.136. The molecule has 1 aliphatic rings. The van der Waals surface area contributed by atoms with Gasteiger partial charge < -0.3 is 15.2 Å². The average molecular weight is 311 g/mol. The van der Waals surface area contributed by atoms with Crippen molar-refractivity contribution in [2.45, 2.75) is 45.6 Å². The van der Waals surface area contributed by atoms with Crippen LogP contribution < -0.4 is 10.1 Å². The Balaban J connectivity index is 1.83. The lowest BCUT2D eigenvalue weighted by Crippen LogP contribution is -2.39. The first-order valence-electron chi connectivity index (χ1n) is 7.21. The minimum atomic E-state index is -1.02. The molecule has 1 amide bonds. The third-order valence-electron chi connectivity index (χ3n) is 3.76. The van der Waals surface area contributed by atoms with E-state index in [0.717, 1.165) is 47.8 Å². The van der Waals surface area contributed by atoms with Crippen molar-refractivity contribution in [2.75, 3.05) is 6.61 Å².